The first kappa shape index (κ1) is 26.5. The first-order chi connectivity index (χ1) is 18.9. The molecule has 1 saturated heterocycles. The Bertz CT molecular complexity index is 1500. The van der Waals surface area contributed by atoms with Gasteiger partial charge in [0.15, 0.2) is 10.8 Å². The number of para-hydroxylation sites is 1. The number of amides is 2. The molecule has 4 N–H and O–H groups in total. The number of carboxylic acids is 1. The molecule has 4 heterocycles. The topological polar surface area (TPSA) is 165 Å². The second-order valence-electron chi connectivity index (χ2n) is 8.05. The van der Waals surface area contributed by atoms with E-state index in [9.17, 15) is 19.5 Å². The Hall–Kier alpha value is -4.08. The highest BCUT2D eigenvalue weighted by Gasteiger charge is 2.54. The Balaban J connectivity index is 1.36. The summed E-state index contributed by atoms with van der Waals surface area (Å²) in [7, 11) is 0. The van der Waals surface area contributed by atoms with E-state index in [1.165, 1.54) is 34.5 Å². The predicted octanol–water partition coefficient (Wildman–Crippen LogP) is 2.31. The van der Waals surface area contributed by atoms with Crippen LogP contribution in [-0.4, -0.2) is 72.0 Å². The van der Waals surface area contributed by atoms with Gasteiger partial charge in [0.1, 0.15) is 34.4 Å². The summed E-state index contributed by atoms with van der Waals surface area (Å²) in [6, 6.07) is 10.3. The maximum atomic E-state index is 13.2. The van der Waals surface area contributed by atoms with Gasteiger partial charge in [0.2, 0.25) is 0 Å². The van der Waals surface area contributed by atoms with Gasteiger partial charge in [-0.15, -0.1) is 23.1 Å². The lowest BCUT2D eigenvalue weighted by atomic mass is 10.0. The Morgan fingerprint density at radius 2 is 2.13 bits per heavy atom. The summed E-state index contributed by atoms with van der Waals surface area (Å²) >= 11 is 3.71. The molecule has 2 aliphatic heterocycles. The van der Waals surface area contributed by atoms with Crippen LogP contribution in [0.25, 0.3) is 5.69 Å². The molecule has 3 aromatic rings. The molecule has 12 nitrogen and oxygen atoms in total. The van der Waals surface area contributed by atoms with Gasteiger partial charge < -0.3 is 21.0 Å². The molecule has 0 aliphatic carbocycles. The summed E-state index contributed by atoms with van der Waals surface area (Å²) in [4.78, 5) is 49.4. The fraction of sp³-hybridized carbons (Fsp3) is 0.167. The van der Waals surface area contributed by atoms with Gasteiger partial charge in [-0.3, -0.25) is 14.5 Å². The number of aromatic nitrogens is 3. The SMILES string of the molecule is C=CCO/N=C(/C(=O)N[C@@H]1C(=O)N2C(C(=O)O)=C(Sc3ccnn3-c3ccccc3)CS[C@H]12)c1csc(N)n1. The highest BCUT2D eigenvalue weighted by molar-refractivity contribution is 8.06. The van der Waals surface area contributed by atoms with Crippen molar-refractivity contribution in [2.24, 2.45) is 5.16 Å². The lowest BCUT2D eigenvalue weighted by Crippen LogP contribution is -2.71. The van der Waals surface area contributed by atoms with Crippen LogP contribution in [0.15, 0.2) is 81.4 Å². The number of hydrogen-bond donors (Lipinski definition) is 3. The first-order valence-electron chi connectivity index (χ1n) is 11.4. The van der Waals surface area contributed by atoms with Crippen LogP contribution in [0.4, 0.5) is 5.13 Å². The zero-order valence-electron chi connectivity index (χ0n) is 20.1. The molecule has 1 aromatic carbocycles. The van der Waals surface area contributed by atoms with Crippen LogP contribution in [0.3, 0.4) is 0 Å². The van der Waals surface area contributed by atoms with Crippen LogP contribution in [-0.2, 0) is 19.2 Å². The van der Waals surface area contributed by atoms with Gasteiger partial charge in [-0.2, -0.15) is 5.10 Å². The molecular weight excluding hydrogens is 563 g/mol. The van der Waals surface area contributed by atoms with E-state index in [-0.39, 0.29) is 28.8 Å². The second kappa shape index (κ2) is 11.3. The third-order valence-corrected chi connectivity index (χ3v) is 8.83. The zero-order chi connectivity index (χ0) is 27.5. The minimum Gasteiger partial charge on any atom is -0.477 e. The molecular formula is C24H21N7O5S3. The number of aliphatic carboxylic acids is 1. The average molecular weight is 584 g/mol. The summed E-state index contributed by atoms with van der Waals surface area (Å²) in [5.41, 5.74) is 6.44. The third-order valence-electron chi connectivity index (χ3n) is 5.59. The molecule has 39 heavy (non-hydrogen) atoms. The molecule has 200 valence electrons. The van der Waals surface area contributed by atoms with Crippen molar-refractivity contribution >= 4 is 63.5 Å². The molecule has 2 atom stereocenters. The largest absolute Gasteiger partial charge is 0.477 e. The van der Waals surface area contributed by atoms with Gasteiger partial charge in [-0.25, -0.2) is 14.5 Å². The van der Waals surface area contributed by atoms with Crippen LogP contribution >= 0.6 is 34.9 Å². The maximum absolute atomic E-state index is 13.2. The van der Waals surface area contributed by atoms with Crippen LogP contribution in [0, 0.1) is 0 Å². The lowest BCUT2D eigenvalue weighted by Gasteiger charge is -2.49. The number of thioether (sulfide) groups is 2. The Labute approximate surface area is 234 Å². The van der Waals surface area contributed by atoms with Crippen molar-refractivity contribution in [2.75, 3.05) is 18.1 Å². The lowest BCUT2D eigenvalue weighted by molar-refractivity contribution is -0.150. The number of nitrogen functional groups attached to an aromatic ring is 1. The number of thiazole rings is 1. The van der Waals surface area contributed by atoms with Crippen LogP contribution in [0.2, 0.25) is 0 Å². The Morgan fingerprint density at radius 1 is 1.33 bits per heavy atom. The normalized spacial score (nSPS) is 18.8. The average Bonchev–Trinajstić information content (AvgIpc) is 3.58. The van der Waals surface area contributed by atoms with Crippen molar-refractivity contribution in [1.82, 2.24) is 25.0 Å². The smallest absolute Gasteiger partial charge is 0.353 e. The van der Waals surface area contributed by atoms with Gasteiger partial charge in [-0.1, -0.05) is 47.8 Å². The molecule has 2 aliphatic rings. The van der Waals surface area contributed by atoms with Gasteiger partial charge in [0.25, 0.3) is 11.8 Å². The van der Waals surface area contributed by atoms with Crippen molar-refractivity contribution in [3.63, 3.8) is 0 Å². The molecule has 0 spiro atoms. The number of anilines is 1. The van der Waals surface area contributed by atoms with Crippen LogP contribution in [0.5, 0.6) is 0 Å². The molecule has 0 radical (unpaired) electrons. The summed E-state index contributed by atoms with van der Waals surface area (Å²) in [5, 5.41) is 22.8. The van der Waals surface area contributed by atoms with Crippen molar-refractivity contribution in [2.45, 2.75) is 16.4 Å². The van der Waals surface area contributed by atoms with Crippen molar-refractivity contribution < 1.29 is 24.3 Å². The van der Waals surface area contributed by atoms with Crippen molar-refractivity contribution in [3.8, 4) is 5.69 Å². The van der Waals surface area contributed by atoms with Crippen molar-refractivity contribution in [1.29, 1.82) is 0 Å². The van der Waals surface area contributed by atoms with E-state index in [1.807, 2.05) is 30.3 Å². The number of β-lactam (4-membered cyclic amide) rings is 1. The fourth-order valence-electron chi connectivity index (χ4n) is 3.89. The van der Waals surface area contributed by atoms with Crippen LogP contribution < -0.4 is 11.1 Å². The van der Waals surface area contributed by atoms with Gasteiger partial charge >= 0.3 is 5.97 Å². The molecule has 0 unspecified atom stereocenters. The summed E-state index contributed by atoms with van der Waals surface area (Å²) in [6.07, 6.45) is 3.09. The minimum atomic E-state index is -1.23. The molecule has 2 aromatic heterocycles. The second-order valence-corrected chi connectivity index (χ2v) is 11.2. The minimum absolute atomic E-state index is 0.0569. The van der Waals surface area contributed by atoms with Crippen molar-refractivity contribution in [3.05, 3.63) is 76.9 Å². The summed E-state index contributed by atoms with van der Waals surface area (Å²) in [6.45, 7) is 3.59. The van der Waals surface area contributed by atoms with E-state index in [0.29, 0.717) is 15.7 Å². The zero-order valence-corrected chi connectivity index (χ0v) is 22.5. The monoisotopic (exact) mass is 583 g/mol. The number of benzene rings is 1. The van der Waals surface area contributed by atoms with E-state index >= 15 is 0 Å². The molecule has 0 bridgehead atoms. The number of nitrogens with two attached hydrogens (primary N) is 1. The van der Waals surface area contributed by atoms with E-state index < -0.39 is 29.2 Å². The fourth-order valence-corrected chi connectivity index (χ4v) is 6.98. The number of carbonyl (C=O) groups is 3. The first-order valence-corrected chi connectivity index (χ1v) is 14.1. The highest BCUT2D eigenvalue weighted by Crippen LogP contribution is 2.45. The number of rotatable bonds is 10. The molecule has 5 rings (SSSR count). The van der Waals surface area contributed by atoms with E-state index in [2.05, 4.69) is 27.1 Å². The number of carbonyl (C=O) groups excluding carboxylic acids is 2. The van der Waals surface area contributed by atoms with Gasteiger partial charge in [-0.05, 0) is 18.2 Å². The van der Waals surface area contributed by atoms with Gasteiger partial charge in [0.05, 0.1) is 11.9 Å². The summed E-state index contributed by atoms with van der Waals surface area (Å²) in [5.74, 6) is -2.16. The molecule has 0 saturated carbocycles. The Kier molecular flexibility index (Phi) is 7.72. The highest BCUT2D eigenvalue weighted by atomic mass is 32.2. The molecule has 2 amide bonds. The molecule has 1 fully saturated rings. The third kappa shape index (κ3) is 5.28. The van der Waals surface area contributed by atoms with E-state index in [4.69, 9.17) is 10.6 Å². The van der Waals surface area contributed by atoms with E-state index in [1.54, 1.807) is 22.3 Å². The number of carboxylic acid groups (broad SMARTS) is 1. The van der Waals surface area contributed by atoms with E-state index in [0.717, 1.165) is 17.0 Å². The number of nitrogens with one attached hydrogen (secondary N) is 1. The van der Waals surface area contributed by atoms with Crippen LogP contribution in [0.1, 0.15) is 5.69 Å². The predicted molar refractivity (Wildman–Crippen MR) is 148 cm³/mol. The number of fused-ring (bicyclic) bond motifs is 1. The quantitative estimate of drug-likeness (QED) is 0.106. The van der Waals surface area contributed by atoms with Gasteiger partial charge in [0, 0.05) is 16.0 Å². The maximum Gasteiger partial charge on any atom is 0.353 e. The number of nitrogens with zero attached hydrogens (tertiary/aromatic N) is 5. The number of oxime groups is 1. The molecule has 15 heteroatoms. The standard InChI is InChI=1S/C24H21N7O5S3/c1-2-10-36-29-17(14-11-38-24(25)27-14)20(32)28-18-21(33)30-19(23(34)35)15(12-37-22(18)30)39-16-8-9-26-31(16)13-6-4-3-5-7-13/h2-9,11,18,22H,1,10,12H2,(H2,25,27)(H,28,32)(H,34,35)/b29-17+/t18-,22-/m1/s1. The number of hydrogen-bond acceptors (Lipinski definition) is 11. The Morgan fingerprint density at radius 3 is 2.82 bits per heavy atom. The summed E-state index contributed by atoms with van der Waals surface area (Å²) < 4.78 is 1.70.